The summed E-state index contributed by atoms with van der Waals surface area (Å²) in [5.41, 5.74) is 4.98. The molecule has 27 heavy (non-hydrogen) atoms. The summed E-state index contributed by atoms with van der Waals surface area (Å²) in [6.45, 7) is 5.25. The summed E-state index contributed by atoms with van der Waals surface area (Å²) in [6, 6.07) is 17.0. The van der Waals surface area contributed by atoms with Gasteiger partial charge >= 0.3 is 0 Å². The van der Waals surface area contributed by atoms with Gasteiger partial charge in [0.1, 0.15) is 6.10 Å². The van der Waals surface area contributed by atoms with E-state index in [9.17, 15) is 0 Å². The van der Waals surface area contributed by atoms with Crippen LogP contribution >= 0.6 is 0 Å². The Hall–Kier alpha value is -2.53. The van der Waals surface area contributed by atoms with Crippen molar-refractivity contribution >= 4 is 11.6 Å². The van der Waals surface area contributed by atoms with Gasteiger partial charge in [-0.25, -0.2) is 0 Å². The first-order chi connectivity index (χ1) is 13.1. The normalized spacial score (nSPS) is 17.7. The summed E-state index contributed by atoms with van der Waals surface area (Å²) in [5.74, 6) is 0.923. The maximum absolute atomic E-state index is 6.04. The smallest absolute Gasteiger partial charge is 0.194 e. The van der Waals surface area contributed by atoms with E-state index in [1.807, 2.05) is 7.05 Å². The molecule has 0 aliphatic carbocycles. The van der Waals surface area contributed by atoms with Gasteiger partial charge in [0.25, 0.3) is 0 Å². The predicted octanol–water partition coefficient (Wildman–Crippen LogP) is 3.21. The molecular weight excluding hydrogens is 336 g/mol. The minimum atomic E-state index is 0.0792. The van der Waals surface area contributed by atoms with E-state index in [1.54, 1.807) is 0 Å². The third kappa shape index (κ3) is 4.80. The van der Waals surface area contributed by atoms with Crippen molar-refractivity contribution in [2.75, 3.05) is 45.7 Å². The fraction of sp³-hybridized carbons (Fsp3) is 0.409. The van der Waals surface area contributed by atoms with Crippen LogP contribution in [-0.2, 0) is 11.3 Å². The maximum Gasteiger partial charge on any atom is 0.194 e. The van der Waals surface area contributed by atoms with Crippen molar-refractivity contribution in [3.63, 3.8) is 0 Å². The van der Waals surface area contributed by atoms with Crippen molar-refractivity contribution in [2.24, 2.45) is 4.99 Å². The van der Waals surface area contributed by atoms with Crippen LogP contribution < -0.4 is 10.2 Å². The molecule has 1 fully saturated rings. The third-order valence-electron chi connectivity index (χ3n) is 4.99. The second-order valence-electron chi connectivity index (χ2n) is 7.13. The lowest BCUT2D eigenvalue weighted by Crippen LogP contribution is -2.48. The zero-order valence-electron chi connectivity index (χ0n) is 16.8. The minimum Gasteiger partial charge on any atom is -0.378 e. The number of nitrogens with zero attached hydrogens (tertiary/aromatic N) is 3. The number of benzene rings is 2. The van der Waals surface area contributed by atoms with E-state index in [2.05, 4.69) is 89.7 Å². The van der Waals surface area contributed by atoms with Gasteiger partial charge in [0.2, 0.25) is 0 Å². The molecule has 5 nitrogen and oxygen atoms in total. The first kappa shape index (κ1) is 19.2. The number of aryl methyl sites for hydroxylation is 1. The molecule has 0 amide bonds. The fourth-order valence-electron chi connectivity index (χ4n) is 3.44. The zero-order chi connectivity index (χ0) is 19.2. The Bertz CT molecular complexity index is 787. The second kappa shape index (κ2) is 8.91. The lowest BCUT2D eigenvalue weighted by molar-refractivity contribution is -0.00833. The van der Waals surface area contributed by atoms with Crippen molar-refractivity contribution in [3.8, 4) is 0 Å². The van der Waals surface area contributed by atoms with Gasteiger partial charge in [-0.2, -0.15) is 0 Å². The van der Waals surface area contributed by atoms with Gasteiger partial charge in [0, 0.05) is 39.9 Å². The number of morpholine rings is 1. The van der Waals surface area contributed by atoms with Crippen molar-refractivity contribution in [1.29, 1.82) is 0 Å². The molecule has 1 N–H and O–H groups in total. The van der Waals surface area contributed by atoms with Crippen molar-refractivity contribution < 1.29 is 4.74 Å². The van der Waals surface area contributed by atoms with Crippen LogP contribution in [0.4, 0.5) is 5.69 Å². The molecule has 0 bridgehead atoms. The first-order valence-corrected chi connectivity index (χ1v) is 9.47. The Balaban J connectivity index is 1.65. The molecule has 1 aliphatic rings. The Morgan fingerprint density at radius 2 is 2.04 bits per heavy atom. The standard InChI is InChI=1S/C22H30N4O/c1-17-8-5-6-11-20(17)21-16-26(12-13-27-21)22(23-2)24-15-18-9-7-10-19(14-18)25(3)4/h5-11,14,21H,12-13,15-16H2,1-4H3,(H,23,24). The van der Waals surface area contributed by atoms with Crippen LogP contribution in [0, 0.1) is 6.92 Å². The van der Waals surface area contributed by atoms with Gasteiger partial charge in [-0.15, -0.1) is 0 Å². The molecule has 0 spiro atoms. The number of nitrogens with one attached hydrogen (secondary N) is 1. The van der Waals surface area contributed by atoms with Crippen LogP contribution in [0.2, 0.25) is 0 Å². The highest BCUT2D eigenvalue weighted by Gasteiger charge is 2.25. The Labute approximate surface area is 162 Å². The van der Waals surface area contributed by atoms with Crippen LogP contribution in [-0.4, -0.2) is 51.7 Å². The van der Waals surface area contributed by atoms with Crippen LogP contribution in [0.1, 0.15) is 22.8 Å². The highest BCUT2D eigenvalue weighted by atomic mass is 16.5. The van der Waals surface area contributed by atoms with Gasteiger partial charge in [0.05, 0.1) is 13.2 Å². The topological polar surface area (TPSA) is 40.1 Å². The number of rotatable bonds is 4. The highest BCUT2D eigenvalue weighted by molar-refractivity contribution is 5.80. The van der Waals surface area contributed by atoms with E-state index in [0.717, 1.165) is 25.6 Å². The fourth-order valence-corrected chi connectivity index (χ4v) is 3.44. The SMILES string of the molecule is CN=C(NCc1cccc(N(C)C)c1)N1CCOC(c2ccccc2C)C1. The molecule has 5 heteroatoms. The highest BCUT2D eigenvalue weighted by Crippen LogP contribution is 2.25. The molecule has 1 aliphatic heterocycles. The van der Waals surface area contributed by atoms with E-state index in [-0.39, 0.29) is 6.10 Å². The molecule has 1 atom stereocenters. The van der Waals surface area contributed by atoms with Crippen LogP contribution in [0.15, 0.2) is 53.5 Å². The summed E-state index contributed by atoms with van der Waals surface area (Å²) in [5, 5.41) is 3.51. The average Bonchev–Trinajstić information content (AvgIpc) is 2.69. The van der Waals surface area contributed by atoms with E-state index in [4.69, 9.17) is 4.74 Å². The maximum atomic E-state index is 6.04. The van der Waals surface area contributed by atoms with E-state index >= 15 is 0 Å². The van der Waals surface area contributed by atoms with Crippen molar-refractivity contribution in [2.45, 2.75) is 19.6 Å². The van der Waals surface area contributed by atoms with Crippen LogP contribution in [0.5, 0.6) is 0 Å². The second-order valence-corrected chi connectivity index (χ2v) is 7.13. The number of ether oxygens (including phenoxy) is 1. The number of guanidine groups is 1. The molecule has 1 saturated heterocycles. The minimum absolute atomic E-state index is 0.0792. The largest absolute Gasteiger partial charge is 0.378 e. The molecular formula is C22H30N4O. The Morgan fingerprint density at radius 3 is 2.78 bits per heavy atom. The molecule has 1 unspecified atom stereocenters. The van der Waals surface area contributed by atoms with Crippen LogP contribution in [0.25, 0.3) is 0 Å². The lowest BCUT2D eigenvalue weighted by Gasteiger charge is -2.35. The lowest BCUT2D eigenvalue weighted by atomic mass is 10.0. The number of anilines is 1. The number of hydrogen-bond donors (Lipinski definition) is 1. The van der Waals surface area contributed by atoms with Gasteiger partial charge in [-0.05, 0) is 35.7 Å². The molecule has 2 aromatic rings. The van der Waals surface area contributed by atoms with Gasteiger partial charge < -0.3 is 19.9 Å². The Morgan fingerprint density at radius 1 is 1.22 bits per heavy atom. The average molecular weight is 367 g/mol. The summed E-state index contributed by atoms with van der Waals surface area (Å²) in [7, 11) is 5.96. The molecule has 3 rings (SSSR count). The van der Waals surface area contributed by atoms with E-state index < -0.39 is 0 Å². The molecule has 144 valence electrons. The summed E-state index contributed by atoms with van der Waals surface area (Å²) < 4.78 is 6.04. The molecule has 2 aromatic carbocycles. The summed E-state index contributed by atoms with van der Waals surface area (Å²) in [4.78, 5) is 8.91. The molecule has 0 radical (unpaired) electrons. The predicted molar refractivity (Wildman–Crippen MR) is 112 cm³/mol. The first-order valence-electron chi connectivity index (χ1n) is 9.47. The van der Waals surface area contributed by atoms with Crippen LogP contribution in [0.3, 0.4) is 0 Å². The quantitative estimate of drug-likeness (QED) is 0.666. The van der Waals surface area contributed by atoms with E-state index in [1.165, 1.54) is 22.4 Å². The third-order valence-corrected chi connectivity index (χ3v) is 4.99. The summed E-state index contributed by atoms with van der Waals surface area (Å²) >= 11 is 0. The van der Waals surface area contributed by atoms with Crippen molar-refractivity contribution in [3.05, 3.63) is 65.2 Å². The Kier molecular flexibility index (Phi) is 6.35. The molecule has 1 heterocycles. The van der Waals surface area contributed by atoms with Crippen molar-refractivity contribution in [1.82, 2.24) is 10.2 Å². The van der Waals surface area contributed by atoms with Gasteiger partial charge in [-0.1, -0.05) is 36.4 Å². The molecule has 0 aromatic heterocycles. The number of aliphatic imine (C=N–C) groups is 1. The monoisotopic (exact) mass is 366 g/mol. The number of hydrogen-bond acceptors (Lipinski definition) is 3. The van der Waals surface area contributed by atoms with Gasteiger partial charge in [-0.3, -0.25) is 4.99 Å². The van der Waals surface area contributed by atoms with E-state index in [0.29, 0.717) is 6.61 Å². The van der Waals surface area contributed by atoms with Gasteiger partial charge in [0.15, 0.2) is 5.96 Å². The molecule has 0 saturated carbocycles. The summed E-state index contributed by atoms with van der Waals surface area (Å²) in [6.07, 6.45) is 0.0792. The zero-order valence-corrected chi connectivity index (χ0v) is 16.8.